The van der Waals surface area contributed by atoms with E-state index in [1.54, 1.807) is 13.8 Å². The number of carbonyl (C=O) groups is 1. The van der Waals surface area contributed by atoms with E-state index in [4.69, 9.17) is 14.0 Å². The van der Waals surface area contributed by atoms with E-state index in [1.807, 2.05) is 37.3 Å². The number of allylic oxidation sites excluding steroid dienone is 1. The Morgan fingerprint density at radius 3 is 2.68 bits per heavy atom. The molecular weight excluding hydrogens is 282 g/mol. The second-order valence-electron chi connectivity index (χ2n) is 5.11. The molecule has 2 heterocycles. The summed E-state index contributed by atoms with van der Waals surface area (Å²) in [5, 5.41) is 3.97. The topological polar surface area (TPSA) is 61.6 Å². The van der Waals surface area contributed by atoms with E-state index in [0.29, 0.717) is 29.6 Å². The Bertz CT molecular complexity index is 730. The molecule has 0 fully saturated rings. The lowest BCUT2D eigenvalue weighted by Crippen LogP contribution is -2.23. The van der Waals surface area contributed by atoms with Crippen LogP contribution in [0.15, 0.2) is 46.2 Å². The number of benzene rings is 1. The molecule has 3 rings (SSSR count). The summed E-state index contributed by atoms with van der Waals surface area (Å²) in [4.78, 5) is 12.4. The van der Waals surface area contributed by atoms with Crippen LogP contribution in [0.25, 0.3) is 0 Å². The molecule has 1 aliphatic heterocycles. The molecule has 1 aliphatic rings. The third-order valence-corrected chi connectivity index (χ3v) is 3.71. The smallest absolute Gasteiger partial charge is 0.338 e. The fourth-order valence-corrected chi connectivity index (χ4v) is 2.75. The largest absolute Gasteiger partial charge is 0.463 e. The maximum absolute atomic E-state index is 12.4. The first-order valence-electron chi connectivity index (χ1n) is 7.20. The molecule has 1 atom stereocenters. The van der Waals surface area contributed by atoms with E-state index < -0.39 is 0 Å². The molecule has 114 valence electrons. The lowest BCUT2D eigenvalue weighted by Gasteiger charge is -2.25. The van der Waals surface area contributed by atoms with Crippen LogP contribution >= 0.6 is 0 Å². The SMILES string of the molecule is CCOC(=O)C1=C(C)Oc2onc(C)c2[C@@H]1c1ccccc1. The normalized spacial score (nSPS) is 17.0. The van der Waals surface area contributed by atoms with Crippen molar-refractivity contribution in [3.63, 3.8) is 0 Å². The number of aryl methyl sites for hydroxylation is 1. The van der Waals surface area contributed by atoms with Crippen molar-refractivity contribution >= 4 is 5.97 Å². The summed E-state index contributed by atoms with van der Waals surface area (Å²) in [6.07, 6.45) is 0. The Balaban J connectivity index is 2.18. The molecule has 0 aliphatic carbocycles. The van der Waals surface area contributed by atoms with Gasteiger partial charge in [-0.25, -0.2) is 4.79 Å². The Labute approximate surface area is 128 Å². The lowest BCUT2D eigenvalue weighted by atomic mass is 9.83. The minimum atomic E-state index is -0.375. The fourth-order valence-electron chi connectivity index (χ4n) is 2.75. The van der Waals surface area contributed by atoms with E-state index >= 15 is 0 Å². The summed E-state index contributed by atoms with van der Waals surface area (Å²) in [6.45, 7) is 5.67. The Morgan fingerprint density at radius 1 is 1.27 bits per heavy atom. The first kappa shape index (κ1) is 14.4. The molecule has 1 aromatic heterocycles. The van der Waals surface area contributed by atoms with Crippen LogP contribution in [0.5, 0.6) is 5.95 Å². The second kappa shape index (κ2) is 5.67. The van der Waals surface area contributed by atoms with Crippen LogP contribution in [-0.2, 0) is 9.53 Å². The highest BCUT2D eigenvalue weighted by atomic mass is 16.6. The standard InChI is InChI=1S/C17H17NO4/c1-4-20-16(19)14-11(3)21-17-13(10(2)18-22-17)15(14)12-8-6-5-7-9-12/h5-9,15H,4H2,1-3H3/t15-/m0/s1. The number of aromatic nitrogens is 1. The van der Waals surface area contributed by atoms with E-state index in [1.165, 1.54) is 0 Å². The van der Waals surface area contributed by atoms with E-state index in [2.05, 4.69) is 5.16 Å². The van der Waals surface area contributed by atoms with Gasteiger partial charge in [0.05, 0.1) is 29.4 Å². The van der Waals surface area contributed by atoms with Crippen LogP contribution in [0.3, 0.4) is 0 Å². The van der Waals surface area contributed by atoms with Crippen molar-refractivity contribution in [2.75, 3.05) is 6.61 Å². The number of esters is 1. The monoisotopic (exact) mass is 299 g/mol. The van der Waals surface area contributed by atoms with Gasteiger partial charge in [-0.3, -0.25) is 0 Å². The van der Waals surface area contributed by atoms with Crippen molar-refractivity contribution < 1.29 is 18.8 Å². The summed E-state index contributed by atoms with van der Waals surface area (Å²) < 4.78 is 16.1. The Kier molecular flexibility index (Phi) is 3.71. The molecule has 1 aromatic carbocycles. The van der Waals surface area contributed by atoms with Crippen LogP contribution in [0.1, 0.15) is 36.6 Å². The van der Waals surface area contributed by atoms with Gasteiger partial charge in [-0.1, -0.05) is 35.5 Å². The number of hydrogen-bond donors (Lipinski definition) is 0. The summed E-state index contributed by atoms with van der Waals surface area (Å²) in [5.41, 5.74) is 2.95. The minimum absolute atomic E-state index is 0.296. The van der Waals surface area contributed by atoms with Crippen molar-refractivity contribution in [3.05, 3.63) is 58.5 Å². The third-order valence-electron chi connectivity index (χ3n) is 3.71. The molecular formula is C17H17NO4. The van der Waals surface area contributed by atoms with Crippen LogP contribution in [0.2, 0.25) is 0 Å². The van der Waals surface area contributed by atoms with Gasteiger partial charge in [0.15, 0.2) is 0 Å². The first-order chi connectivity index (χ1) is 10.6. The van der Waals surface area contributed by atoms with Gasteiger partial charge in [-0.2, -0.15) is 0 Å². The molecule has 5 nitrogen and oxygen atoms in total. The molecule has 2 aromatic rings. The molecule has 0 N–H and O–H groups in total. The fraction of sp³-hybridized carbons (Fsp3) is 0.294. The number of rotatable bonds is 3. The number of carbonyl (C=O) groups excluding carboxylic acids is 1. The maximum atomic E-state index is 12.4. The summed E-state index contributed by atoms with van der Waals surface area (Å²) in [7, 11) is 0. The highest BCUT2D eigenvalue weighted by Gasteiger charge is 2.38. The van der Waals surface area contributed by atoms with E-state index in [-0.39, 0.29) is 11.9 Å². The first-order valence-corrected chi connectivity index (χ1v) is 7.20. The van der Waals surface area contributed by atoms with Gasteiger partial charge in [0.25, 0.3) is 0 Å². The zero-order valence-corrected chi connectivity index (χ0v) is 12.8. The van der Waals surface area contributed by atoms with Crippen molar-refractivity contribution in [3.8, 4) is 5.95 Å². The number of hydrogen-bond acceptors (Lipinski definition) is 5. The zero-order valence-electron chi connectivity index (χ0n) is 12.8. The average molecular weight is 299 g/mol. The second-order valence-corrected chi connectivity index (χ2v) is 5.11. The maximum Gasteiger partial charge on any atom is 0.338 e. The van der Waals surface area contributed by atoms with Gasteiger partial charge in [-0.15, -0.1) is 0 Å². The van der Waals surface area contributed by atoms with Crippen LogP contribution in [-0.4, -0.2) is 17.7 Å². The average Bonchev–Trinajstić information content (AvgIpc) is 2.88. The van der Waals surface area contributed by atoms with Gasteiger partial charge < -0.3 is 14.0 Å². The molecule has 5 heteroatoms. The number of fused-ring (bicyclic) bond motifs is 1. The lowest BCUT2D eigenvalue weighted by molar-refractivity contribution is -0.139. The molecule has 0 bridgehead atoms. The van der Waals surface area contributed by atoms with Crippen molar-refractivity contribution in [1.29, 1.82) is 0 Å². The number of nitrogens with zero attached hydrogens (tertiary/aromatic N) is 1. The van der Waals surface area contributed by atoms with Crippen LogP contribution in [0, 0.1) is 6.92 Å². The molecule has 22 heavy (non-hydrogen) atoms. The predicted molar refractivity (Wildman–Crippen MR) is 79.5 cm³/mol. The van der Waals surface area contributed by atoms with Crippen molar-refractivity contribution in [1.82, 2.24) is 5.16 Å². The predicted octanol–water partition coefficient (Wildman–Crippen LogP) is 3.34. The Hall–Kier alpha value is -2.56. The highest BCUT2D eigenvalue weighted by molar-refractivity contribution is 5.92. The van der Waals surface area contributed by atoms with Gasteiger partial charge in [0, 0.05) is 0 Å². The summed E-state index contributed by atoms with van der Waals surface area (Å²) in [5.74, 6) is 0.156. The molecule has 0 spiro atoms. The summed E-state index contributed by atoms with van der Waals surface area (Å²) >= 11 is 0. The van der Waals surface area contributed by atoms with Crippen molar-refractivity contribution in [2.45, 2.75) is 26.7 Å². The third kappa shape index (κ3) is 2.28. The van der Waals surface area contributed by atoms with Gasteiger partial charge in [0.2, 0.25) is 0 Å². The molecule has 0 saturated carbocycles. The van der Waals surface area contributed by atoms with Gasteiger partial charge >= 0.3 is 11.9 Å². The molecule has 0 unspecified atom stereocenters. The van der Waals surface area contributed by atoms with E-state index in [0.717, 1.165) is 11.1 Å². The van der Waals surface area contributed by atoms with Crippen LogP contribution < -0.4 is 4.74 Å². The summed E-state index contributed by atoms with van der Waals surface area (Å²) in [6, 6.07) is 9.75. The zero-order chi connectivity index (χ0) is 15.7. The van der Waals surface area contributed by atoms with Crippen molar-refractivity contribution in [2.24, 2.45) is 0 Å². The quantitative estimate of drug-likeness (QED) is 0.813. The van der Waals surface area contributed by atoms with Crippen LogP contribution in [0.4, 0.5) is 0 Å². The Morgan fingerprint density at radius 2 is 2.00 bits per heavy atom. The molecule has 0 amide bonds. The minimum Gasteiger partial charge on any atom is -0.463 e. The molecule has 0 saturated heterocycles. The van der Waals surface area contributed by atoms with Gasteiger partial charge in [0.1, 0.15) is 5.76 Å². The van der Waals surface area contributed by atoms with E-state index in [9.17, 15) is 4.79 Å². The van der Waals surface area contributed by atoms with Gasteiger partial charge in [-0.05, 0) is 26.3 Å². The highest BCUT2D eigenvalue weighted by Crippen LogP contribution is 2.45. The number of ether oxygens (including phenoxy) is 2. The molecule has 0 radical (unpaired) electrons.